The lowest BCUT2D eigenvalue weighted by molar-refractivity contribution is 0.933. The van der Waals surface area contributed by atoms with Crippen LogP contribution in [0.15, 0.2) is 17.6 Å². The van der Waals surface area contributed by atoms with Crippen LogP contribution in [0.3, 0.4) is 0 Å². The Morgan fingerprint density at radius 3 is 2.77 bits per heavy atom. The number of unbranched alkanes of at least 4 members (excludes halogenated alkanes) is 1. The molecule has 0 aliphatic rings. The summed E-state index contributed by atoms with van der Waals surface area (Å²) in [5.41, 5.74) is 1.07. The lowest BCUT2D eigenvalue weighted by Gasteiger charge is -1.97. The standard InChI is InChI=1S/C9H11N3S/c1-8-6-11-9(12-7-8)13-5-3-2-4-10/h6-7H,2-3,5H2,1H3. The van der Waals surface area contributed by atoms with Crippen LogP contribution in [-0.2, 0) is 0 Å². The number of hydrogen-bond acceptors (Lipinski definition) is 4. The highest BCUT2D eigenvalue weighted by molar-refractivity contribution is 7.99. The highest BCUT2D eigenvalue weighted by Crippen LogP contribution is 2.13. The minimum Gasteiger partial charge on any atom is -0.231 e. The highest BCUT2D eigenvalue weighted by atomic mass is 32.2. The molecule has 0 unspecified atom stereocenters. The molecule has 0 aromatic carbocycles. The molecular formula is C9H11N3S. The van der Waals surface area contributed by atoms with Crippen molar-refractivity contribution in [2.45, 2.75) is 24.9 Å². The van der Waals surface area contributed by atoms with Crippen molar-refractivity contribution in [3.05, 3.63) is 18.0 Å². The first kappa shape index (κ1) is 10.0. The summed E-state index contributed by atoms with van der Waals surface area (Å²) in [4.78, 5) is 8.29. The van der Waals surface area contributed by atoms with Gasteiger partial charge in [-0.1, -0.05) is 11.8 Å². The molecule has 0 aliphatic heterocycles. The molecule has 1 rings (SSSR count). The van der Waals surface area contributed by atoms with Crippen molar-refractivity contribution in [2.24, 2.45) is 0 Å². The molecule has 0 saturated carbocycles. The van der Waals surface area contributed by atoms with Crippen LogP contribution >= 0.6 is 11.8 Å². The molecule has 0 amide bonds. The molecule has 0 saturated heterocycles. The largest absolute Gasteiger partial charge is 0.231 e. The van der Waals surface area contributed by atoms with Crippen molar-refractivity contribution < 1.29 is 0 Å². The Hall–Kier alpha value is -1.08. The van der Waals surface area contributed by atoms with Crippen molar-refractivity contribution in [3.8, 4) is 6.07 Å². The predicted molar refractivity (Wildman–Crippen MR) is 52.3 cm³/mol. The first-order valence-electron chi connectivity index (χ1n) is 4.11. The summed E-state index contributed by atoms with van der Waals surface area (Å²) in [5.74, 6) is 0.913. The molecule has 1 aromatic rings. The third-order valence-corrected chi connectivity index (χ3v) is 2.38. The second-order valence-electron chi connectivity index (χ2n) is 2.65. The number of aryl methyl sites for hydroxylation is 1. The third kappa shape index (κ3) is 3.90. The predicted octanol–water partition coefficient (Wildman–Crippen LogP) is 2.18. The average Bonchev–Trinajstić information content (AvgIpc) is 2.15. The van der Waals surface area contributed by atoms with Gasteiger partial charge in [-0.3, -0.25) is 0 Å². The van der Waals surface area contributed by atoms with Gasteiger partial charge in [-0.2, -0.15) is 5.26 Å². The van der Waals surface area contributed by atoms with Crippen LogP contribution in [0.4, 0.5) is 0 Å². The zero-order valence-corrected chi connectivity index (χ0v) is 8.34. The summed E-state index contributed by atoms with van der Waals surface area (Å²) in [5, 5.41) is 9.10. The maximum Gasteiger partial charge on any atom is 0.187 e. The van der Waals surface area contributed by atoms with Gasteiger partial charge in [0.25, 0.3) is 0 Å². The molecule has 1 aromatic heterocycles. The Morgan fingerprint density at radius 1 is 1.46 bits per heavy atom. The highest BCUT2D eigenvalue weighted by Gasteiger charge is 1.95. The molecule has 4 heteroatoms. The van der Waals surface area contributed by atoms with Gasteiger partial charge in [-0.05, 0) is 18.9 Å². The second kappa shape index (κ2) is 5.55. The Balaban J connectivity index is 2.30. The molecule has 0 aliphatic carbocycles. The van der Waals surface area contributed by atoms with Crippen LogP contribution < -0.4 is 0 Å². The summed E-state index contributed by atoms with van der Waals surface area (Å²) < 4.78 is 0. The van der Waals surface area contributed by atoms with Gasteiger partial charge in [0.15, 0.2) is 5.16 Å². The molecule has 13 heavy (non-hydrogen) atoms. The summed E-state index contributed by atoms with van der Waals surface area (Å²) in [6, 6.07) is 2.11. The molecule has 1 heterocycles. The van der Waals surface area contributed by atoms with Crippen molar-refractivity contribution >= 4 is 11.8 Å². The number of hydrogen-bond donors (Lipinski definition) is 0. The Morgan fingerprint density at radius 2 is 2.15 bits per heavy atom. The zero-order valence-electron chi connectivity index (χ0n) is 7.53. The van der Waals surface area contributed by atoms with Crippen LogP contribution in [0.2, 0.25) is 0 Å². The Kier molecular flexibility index (Phi) is 4.27. The number of nitriles is 1. The van der Waals surface area contributed by atoms with Gasteiger partial charge >= 0.3 is 0 Å². The maximum atomic E-state index is 8.31. The van der Waals surface area contributed by atoms with Crippen LogP contribution in [0.5, 0.6) is 0 Å². The van der Waals surface area contributed by atoms with Crippen LogP contribution in [0, 0.1) is 18.3 Å². The number of aromatic nitrogens is 2. The molecule has 3 nitrogen and oxygen atoms in total. The molecule has 0 fully saturated rings. The quantitative estimate of drug-likeness (QED) is 0.418. The van der Waals surface area contributed by atoms with Gasteiger partial charge in [0.05, 0.1) is 6.07 Å². The third-order valence-electron chi connectivity index (χ3n) is 1.42. The summed E-state index contributed by atoms with van der Waals surface area (Å²) >= 11 is 1.60. The van der Waals surface area contributed by atoms with Gasteiger partial charge in [0.2, 0.25) is 0 Å². The van der Waals surface area contributed by atoms with E-state index in [0.717, 1.165) is 22.9 Å². The number of nitrogens with zero attached hydrogens (tertiary/aromatic N) is 3. The molecular weight excluding hydrogens is 182 g/mol. The summed E-state index contributed by atoms with van der Waals surface area (Å²) in [6.45, 7) is 1.96. The minimum absolute atomic E-state index is 0.610. The van der Waals surface area contributed by atoms with E-state index in [1.165, 1.54) is 0 Å². The molecule has 68 valence electrons. The molecule has 0 spiro atoms. The fraction of sp³-hybridized carbons (Fsp3) is 0.444. The van der Waals surface area contributed by atoms with Crippen molar-refractivity contribution in [1.82, 2.24) is 9.97 Å². The normalized spacial score (nSPS) is 9.54. The van der Waals surface area contributed by atoms with E-state index >= 15 is 0 Å². The van der Waals surface area contributed by atoms with E-state index in [0.29, 0.717) is 6.42 Å². The Bertz CT molecular complexity index is 289. The number of rotatable bonds is 4. The van der Waals surface area contributed by atoms with Gasteiger partial charge in [0.1, 0.15) is 0 Å². The fourth-order valence-electron chi connectivity index (χ4n) is 0.770. The monoisotopic (exact) mass is 193 g/mol. The van der Waals surface area contributed by atoms with Crippen LogP contribution in [0.25, 0.3) is 0 Å². The van der Waals surface area contributed by atoms with E-state index in [4.69, 9.17) is 5.26 Å². The average molecular weight is 193 g/mol. The van der Waals surface area contributed by atoms with Gasteiger partial charge in [0, 0.05) is 24.6 Å². The summed E-state index contributed by atoms with van der Waals surface area (Å²) in [7, 11) is 0. The fourth-order valence-corrected chi connectivity index (χ4v) is 1.50. The van der Waals surface area contributed by atoms with Crippen molar-refractivity contribution in [1.29, 1.82) is 5.26 Å². The van der Waals surface area contributed by atoms with Crippen LogP contribution in [-0.4, -0.2) is 15.7 Å². The molecule has 0 N–H and O–H groups in total. The van der Waals surface area contributed by atoms with E-state index < -0.39 is 0 Å². The van der Waals surface area contributed by atoms with Crippen molar-refractivity contribution in [3.63, 3.8) is 0 Å². The van der Waals surface area contributed by atoms with Gasteiger partial charge in [-0.25, -0.2) is 9.97 Å². The smallest absolute Gasteiger partial charge is 0.187 e. The Labute approximate surface area is 82.2 Å². The zero-order chi connectivity index (χ0) is 9.52. The lowest BCUT2D eigenvalue weighted by Crippen LogP contribution is -1.88. The van der Waals surface area contributed by atoms with E-state index in [1.807, 2.05) is 6.92 Å². The lowest BCUT2D eigenvalue weighted by atomic mass is 10.4. The second-order valence-corrected chi connectivity index (χ2v) is 3.72. The molecule has 0 radical (unpaired) electrons. The number of thioether (sulfide) groups is 1. The molecule has 0 atom stereocenters. The van der Waals surface area contributed by atoms with E-state index in [1.54, 1.807) is 24.2 Å². The van der Waals surface area contributed by atoms with Gasteiger partial charge < -0.3 is 0 Å². The first-order valence-corrected chi connectivity index (χ1v) is 5.10. The maximum absolute atomic E-state index is 8.31. The SMILES string of the molecule is Cc1cnc(SCCCC#N)nc1. The molecule has 0 bridgehead atoms. The minimum atomic E-state index is 0.610. The topological polar surface area (TPSA) is 49.6 Å². The van der Waals surface area contributed by atoms with E-state index in [-0.39, 0.29) is 0 Å². The van der Waals surface area contributed by atoms with Gasteiger partial charge in [-0.15, -0.1) is 0 Å². The summed E-state index contributed by atoms with van der Waals surface area (Å²) in [6.07, 6.45) is 5.12. The van der Waals surface area contributed by atoms with E-state index in [9.17, 15) is 0 Å². The van der Waals surface area contributed by atoms with Crippen molar-refractivity contribution in [2.75, 3.05) is 5.75 Å². The van der Waals surface area contributed by atoms with E-state index in [2.05, 4.69) is 16.0 Å². The van der Waals surface area contributed by atoms with Crippen LogP contribution in [0.1, 0.15) is 18.4 Å². The first-order chi connectivity index (χ1) is 6.33.